The standard InChI is InChI=1S/C20H25N5O.C2H2/c1-4-5-9-16(2)14-21-15-18(12-13-26)22-20-23-19(24-25(20)3)17-10-7-6-8-11-17;1-2/h4-13,21H,14-15H2,1-3H3,(H,22,23,24);1-2H/b5-4-,16-9-,18-12-;. The number of aryl methyl sites for hydroxylation is 1. The summed E-state index contributed by atoms with van der Waals surface area (Å²) in [5, 5.41) is 10.9. The molecule has 0 aliphatic heterocycles. The van der Waals surface area contributed by atoms with Crippen LogP contribution in [0, 0.1) is 12.8 Å². The third kappa shape index (κ3) is 7.44. The molecule has 0 bridgehead atoms. The normalized spacial score (nSPS) is 11.8. The zero-order valence-corrected chi connectivity index (χ0v) is 16.6. The Morgan fingerprint density at radius 3 is 2.54 bits per heavy atom. The molecule has 0 aliphatic carbocycles. The van der Waals surface area contributed by atoms with E-state index in [2.05, 4.69) is 46.6 Å². The van der Waals surface area contributed by atoms with E-state index >= 15 is 0 Å². The quantitative estimate of drug-likeness (QED) is 0.303. The highest BCUT2D eigenvalue weighted by molar-refractivity contribution is 5.68. The van der Waals surface area contributed by atoms with Gasteiger partial charge in [-0.2, -0.15) is 4.98 Å². The first-order chi connectivity index (χ1) is 13.6. The first-order valence-corrected chi connectivity index (χ1v) is 8.84. The van der Waals surface area contributed by atoms with Crippen molar-refractivity contribution in [3.8, 4) is 24.2 Å². The monoisotopic (exact) mass is 377 g/mol. The molecule has 0 spiro atoms. The lowest BCUT2D eigenvalue weighted by Gasteiger charge is -2.10. The van der Waals surface area contributed by atoms with Gasteiger partial charge in [-0.05, 0) is 19.9 Å². The number of terminal acetylenes is 1. The number of nitrogens with zero attached hydrogens (tertiary/aromatic N) is 3. The number of nitrogens with one attached hydrogen (secondary N) is 2. The highest BCUT2D eigenvalue weighted by atomic mass is 16.1. The number of benzene rings is 1. The first-order valence-electron chi connectivity index (χ1n) is 8.84. The second-order valence-electron chi connectivity index (χ2n) is 5.84. The fourth-order valence-electron chi connectivity index (χ4n) is 2.29. The van der Waals surface area contributed by atoms with Crippen molar-refractivity contribution in [3.63, 3.8) is 0 Å². The van der Waals surface area contributed by atoms with Crippen LogP contribution in [0.2, 0.25) is 0 Å². The van der Waals surface area contributed by atoms with Gasteiger partial charge in [-0.1, -0.05) is 54.1 Å². The van der Waals surface area contributed by atoms with Crippen LogP contribution in [0.4, 0.5) is 5.95 Å². The van der Waals surface area contributed by atoms with Gasteiger partial charge in [-0.25, -0.2) is 4.68 Å². The molecule has 0 saturated carbocycles. The fraction of sp³-hybridized carbons (Fsp3) is 0.227. The molecule has 28 heavy (non-hydrogen) atoms. The van der Waals surface area contributed by atoms with Crippen LogP contribution in [0.25, 0.3) is 11.4 Å². The van der Waals surface area contributed by atoms with Gasteiger partial charge in [0.05, 0.1) is 0 Å². The molecule has 2 N–H and O–H groups in total. The number of aldehydes is 1. The van der Waals surface area contributed by atoms with E-state index in [4.69, 9.17) is 0 Å². The van der Waals surface area contributed by atoms with Crippen LogP contribution in [0.15, 0.2) is 65.9 Å². The van der Waals surface area contributed by atoms with Gasteiger partial charge >= 0.3 is 0 Å². The van der Waals surface area contributed by atoms with Gasteiger partial charge in [-0.15, -0.1) is 17.9 Å². The second-order valence-corrected chi connectivity index (χ2v) is 5.84. The molecule has 6 heteroatoms. The topological polar surface area (TPSA) is 71.8 Å². The Balaban J connectivity index is 0.00000190. The molecule has 0 amide bonds. The summed E-state index contributed by atoms with van der Waals surface area (Å²) in [6.45, 7) is 5.29. The zero-order valence-electron chi connectivity index (χ0n) is 16.6. The Morgan fingerprint density at radius 1 is 1.18 bits per heavy atom. The van der Waals surface area contributed by atoms with Crippen LogP contribution >= 0.6 is 0 Å². The van der Waals surface area contributed by atoms with Gasteiger partial charge in [0, 0.05) is 31.4 Å². The minimum atomic E-state index is 0.521. The molecule has 0 saturated heterocycles. The minimum Gasteiger partial charge on any atom is -0.327 e. The maximum atomic E-state index is 10.9. The lowest BCUT2D eigenvalue weighted by atomic mass is 10.2. The van der Waals surface area contributed by atoms with Crippen molar-refractivity contribution in [2.24, 2.45) is 7.05 Å². The number of allylic oxidation sites excluding steroid dienone is 4. The zero-order chi connectivity index (χ0) is 20.8. The maximum Gasteiger partial charge on any atom is 0.225 e. The van der Waals surface area contributed by atoms with E-state index < -0.39 is 0 Å². The Kier molecular flexibility index (Phi) is 10.4. The van der Waals surface area contributed by atoms with Gasteiger partial charge in [-0.3, -0.25) is 4.79 Å². The summed E-state index contributed by atoms with van der Waals surface area (Å²) in [5.41, 5.74) is 2.88. The summed E-state index contributed by atoms with van der Waals surface area (Å²) in [5.74, 6) is 1.22. The molecule has 146 valence electrons. The highest BCUT2D eigenvalue weighted by Gasteiger charge is 2.10. The molecule has 2 rings (SSSR count). The molecule has 1 aromatic heterocycles. The number of anilines is 1. The van der Waals surface area contributed by atoms with Crippen molar-refractivity contribution in [2.45, 2.75) is 13.8 Å². The van der Waals surface area contributed by atoms with E-state index in [1.807, 2.05) is 56.5 Å². The van der Waals surface area contributed by atoms with Crippen molar-refractivity contribution in [2.75, 3.05) is 18.4 Å². The van der Waals surface area contributed by atoms with Crippen molar-refractivity contribution in [1.29, 1.82) is 0 Å². The summed E-state index contributed by atoms with van der Waals surface area (Å²) < 4.78 is 1.66. The Morgan fingerprint density at radius 2 is 1.89 bits per heavy atom. The molecule has 0 atom stereocenters. The van der Waals surface area contributed by atoms with Crippen molar-refractivity contribution >= 4 is 12.2 Å². The number of hydrogen-bond donors (Lipinski definition) is 2. The fourth-order valence-corrected chi connectivity index (χ4v) is 2.29. The number of hydrogen-bond acceptors (Lipinski definition) is 5. The van der Waals surface area contributed by atoms with Crippen LogP contribution < -0.4 is 10.6 Å². The number of aromatic nitrogens is 3. The molecule has 0 unspecified atom stereocenters. The molecule has 0 aliphatic rings. The van der Waals surface area contributed by atoms with Crippen LogP contribution in [0.5, 0.6) is 0 Å². The van der Waals surface area contributed by atoms with Gasteiger partial charge in [0.1, 0.15) is 6.29 Å². The molecule has 0 fully saturated rings. The van der Waals surface area contributed by atoms with Crippen molar-refractivity contribution in [3.05, 3.63) is 65.9 Å². The molecule has 2 aromatic rings. The van der Waals surface area contributed by atoms with E-state index in [0.717, 1.165) is 24.1 Å². The Hall–Kier alpha value is -3.43. The minimum absolute atomic E-state index is 0.521. The SMILES string of the molecule is C#C.C/C=C\C=C(\C)CNC/C(=C/C=O)Nc1nc(-c2ccccc2)nn1C. The van der Waals surface area contributed by atoms with E-state index in [-0.39, 0.29) is 0 Å². The van der Waals surface area contributed by atoms with Crippen LogP contribution in [0.1, 0.15) is 13.8 Å². The second kappa shape index (κ2) is 12.8. The van der Waals surface area contributed by atoms with Crippen LogP contribution in [-0.2, 0) is 11.8 Å². The first kappa shape index (κ1) is 22.6. The average Bonchev–Trinajstić information content (AvgIpc) is 3.09. The number of carbonyl (C=O) groups is 1. The smallest absolute Gasteiger partial charge is 0.225 e. The number of carbonyl (C=O) groups excluding carboxylic acids is 1. The summed E-state index contributed by atoms with van der Waals surface area (Å²) >= 11 is 0. The van der Waals surface area contributed by atoms with Crippen molar-refractivity contribution in [1.82, 2.24) is 20.1 Å². The third-order valence-electron chi connectivity index (χ3n) is 3.63. The largest absolute Gasteiger partial charge is 0.327 e. The van der Waals surface area contributed by atoms with E-state index in [1.165, 1.54) is 11.6 Å². The summed E-state index contributed by atoms with van der Waals surface area (Å²) in [6, 6.07) is 9.77. The van der Waals surface area contributed by atoms with E-state index in [0.29, 0.717) is 18.3 Å². The summed E-state index contributed by atoms with van der Waals surface area (Å²) in [7, 11) is 1.82. The summed E-state index contributed by atoms with van der Waals surface area (Å²) in [4.78, 5) is 15.5. The molecule has 6 nitrogen and oxygen atoms in total. The van der Waals surface area contributed by atoms with Crippen LogP contribution in [0.3, 0.4) is 0 Å². The summed E-state index contributed by atoms with van der Waals surface area (Å²) in [6.07, 6.45) is 16.3. The maximum absolute atomic E-state index is 10.9. The molecular weight excluding hydrogens is 350 g/mol. The number of rotatable bonds is 9. The molecule has 1 heterocycles. The molecule has 0 radical (unpaired) electrons. The molecular formula is C22H27N5O. The average molecular weight is 377 g/mol. The van der Waals surface area contributed by atoms with Crippen molar-refractivity contribution < 1.29 is 4.79 Å². The predicted molar refractivity (Wildman–Crippen MR) is 116 cm³/mol. The third-order valence-corrected chi connectivity index (χ3v) is 3.63. The van der Waals surface area contributed by atoms with Gasteiger partial charge < -0.3 is 10.6 Å². The van der Waals surface area contributed by atoms with Gasteiger partial charge in [0.15, 0.2) is 5.82 Å². The predicted octanol–water partition coefficient (Wildman–Crippen LogP) is 3.34. The lowest BCUT2D eigenvalue weighted by molar-refractivity contribution is -0.104. The van der Waals surface area contributed by atoms with Crippen LogP contribution in [-0.4, -0.2) is 34.1 Å². The lowest BCUT2D eigenvalue weighted by Crippen LogP contribution is -2.23. The van der Waals surface area contributed by atoms with Gasteiger partial charge in [0.25, 0.3) is 0 Å². The van der Waals surface area contributed by atoms with E-state index in [1.54, 1.807) is 4.68 Å². The Labute approximate surface area is 167 Å². The molecule has 1 aromatic carbocycles. The highest BCUT2D eigenvalue weighted by Crippen LogP contribution is 2.17. The van der Waals surface area contributed by atoms with E-state index in [9.17, 15) is 4.79 Å². The van der Waals surface area contributed by atoms with Gasteiger partial charge in [0.2, 0.25) is 5.95 Å². The Bertz CT molecular complexity index is 844.